The predicted octanol–water partition coefficient (Wildman–Crippen LogP) is 3.92. The van der Waals surface area contributed by atoms with Gasteiger partial charge in [0.15, 0.2) is 11.5 Å². The van der Waals surface area contributed by atoms with Crippen molar-refractivity contribution >= 4 is 39.2 Å². The first-order valence-corrected chi connectivity index (χ1v) is 11.2. The summed E-state index contributed by atoms with van der Waals surface area (Å²) in [4.78, 5) is 24.6. The summed E-state index contributed by atoms with van der Waals surface area (Å²) in [6.07, 6.45) is 3.55. The van der Waals surface area contributed by atoms with Gasteiger partial charge in [-0.2, -0.15) is 0 Å². The smallest absolute Gasteiger partial charge is 0.233 e. The second kappa shape index (κ2) is 7.60. The largest absolute Gasteiger partial charge is 0.486 e. The highest BCUT2D eigenvalue weighted by atomic mass is 32.2. The maximum Gasteiger partial charge on any atom is 0.233 e. The number of hydrogen-bond acceptors (Lipinski definition) is 7. The third-order valence-electron chi connectivity index (χ3n) is 5.08. The number of carbonyl (C=O) groups is 1. The number of fused-ring (bicyclic) bond motifs is 2. The van der Waals surface area contributed by atoms with E-state index >= 15 is 0 Å². The Morgan fingerprint density at radius 2 is 2.11 bits per heavy atom. The van der Waals surface area contributed by atoms with Crippen LogP contribution in [0.3, 0.4) is 0 Å². The first-order chi connectivity index (χ1) is 13.8. The van der Waals surface area contributed by atoms with Gasteiger partial charge in [0, 0.05) is 11.9 Å². The van der Waals surface area contributed by atoms with Gasteiger partial charge in [-0.1, -0.05) is 17.8 Å². The molecule has 0 bridgehead atoms. The summed E-state index contributed by atoms with van der Waals surface area (Å²) >= 11 is 3.08. The standard InChI is InChI=1S/C20H19N3O3S2/c24-18(11-28-20-14-5-9-27-19(14)21-12-22-20)23-6-1-2-15(23)13-3-4-16-17(10-13)26-8-7-25-16/h3-5,9-10,12,15H,1-2,6-8,11H2/t15-/m1/s1. The van der Waals surface area contributed by atoms with Crippen molar-refractivity contribution < 1.29 is 14.3 Å². The van der Waals surface area contributed by atoms with Crippen LogP contribution in [-0.2, 0) is 4.79 Å². The number of ether oxygens (including phenoxy) is 2. The number of hydrogen-bond donors (Lipinski definition) is 0. The van der Waals surface area contributed by atoms with Crippen molar-refractivity contribution in [3.8, 4) is 11.5 Å². The van der Waals surface area contributed by atoms with Gasteiger partial charge < -0.3 is 14.4 Å². The lowest BCUT2D eigenvalue weighted by atomic mass is 10.0. The number of nitrogens with zero attached hydrogens (tertiary/aromatic N) is 3. The zero-order chi connectivity index (χ0) is 18.9. The fourth-order valence-electron chi connectivity index (χ4n) is 3.77. The van der Waals surface area contributed by atoms with Crippen LogP contribution < -0.4 is 9.47 Å². The van der Waals surface area contributed by atoms with Gasteiger partial charge in [-0.25, -0.2) is 9.97 Å². The molecule has 0 radical (unpaired) electrons. The van der Waals surface area contributed by atoms with E-state index in [0.717, 1.165) is 51.7 Å². The van der Waals surface area contributed by atoms with Crippen molar-refractivity contribution in [3.63, 3.8) is 0 Å². The van der Waals surface area contributed by atoms with E-state index in [4.69, 9.17) is 9.47 Å². The zero-order valence-electron chi connectivity index (χ0n) is 15.2. The van der Waals surface area contributed by atoms with Gasteiger partial charge in [0.2, 0.25) is 5.91 Å². The van der Waals surface area contributed by atoms with Crippen molar-refractivity contribution in [2.75, 3.05) is 25.5 Å². The maximum absolute atomic E-state index is 13.0. The van der Waals surface area contributed by atoms with E-state index in [1.165, 1.54) is 11.8 Å². The summed E-state index contributed by atoms with van der Waals surface area (Å²) in [5, 5.41) is 3.90. The van der Waals surface area contributed by atoms with Gasteiger partial charge in [-0.15, -0.1) is 11.3 Å². The Bertz CT molecular complexity index is 1020. The molecule has 0 N–H and O–H groups in total. The fourth-order valence-corrected chi connectivity index (χ4v) is 5.44. The van der Waals surface area contributed by atoms with Crippen molar-refractivity contribution in [3.05, 3.63) is 41.5 Å². The number of amides is 1. The molecule has 144 valence electrons. The Hall–Kier alpha value is -2.32. The van der Waals surface area contributed by atoms with Crippen LogP contribution in [0.25, 0.3) is 10.2 Å². The summed E-state index contributed by atoms with van der Waals surface area (Å²) < 4.78 is 11.3. The molecular formula is C20H19N3O3S2. The van der Waals surface area contributed by atoms with Crippen LogP contribution in [0.1, 0.15) is 24.4 Å². The van der Waals surface area contributed by atoms with Gasteiger partial charge in [0.25, 0.3) is 0 Å². The Balaban J connectivity index is 1.31. The summed E-state index contributed by atoms with van der Waals surface area (Å²) in [5.41, 5.74) is 1.11. The molecular weight excluding hydrogens is 394 g/mol. The molecule has 1 atom stereocenters. The Morgan fingerprint density at radius 3 is 3.04 bits per heavy atom. The number of thioether (sulfide) groups is 1. The molecule has 1 aromatic carbocycles. The summed E-state index contributed by atoms with van der Waals surface area (Å²) in [7, 11) is 0. The van der Waals surface area contributed by atoms with Crippen LogP contribution in [0.4, 0.5) is 0 Å². The van der Waals surface area contributed by atoms with E-state index < -0.39 is 0 Å². The normalized spacial score (nSPS) is 18.6. The highest BCUT2D eigenvalue weighted by Gasteiger charge is 2.31. The molecule has 8 heteroatoms. The van der Waals surface area contributed by atoms with E-state index in [0.29, 0.717) is 19.0 Å². The Kier molecular flexibility index (Phi) is 4.82. The minimum absolute atomic E-state index is 0.0930. The highest BCUT2D eigenvalue weighted by Crippen LogP contribution is 2.38. The Morgan fingerprint density at radius 1 is 1.21 bits per heavy atom. The molecule has 0 spiro atoms. The lowest BCUT2D eigenvalue weighted by Gasteiger charge is -2.26. The molecule has 0 aliphatic carbocycles. The fraction of sp³-hybridized carbons (Fsp3) is 0.350. The molecule has 2 aromatic heterocycles. The molecule has 28 heavy (non-hydrogen) atoms. The molecule has 2 aliphatic rings. The van der Waals surface area contributed by atoms with E-state index in [-0.39, 0.29) is 11.9 Å². The monoisotopic (exact) mass is 413 g/mol. The predicted molar refractivity (Wildman–Crippen MR) is 109 cm³/mol. The van der Waals surface area contributed by atoms with Crippen LogP contribution in [0.15, 0.2) is 41.0 Å². The Labute approximate surface area is 170 Å². The summed E-state index contributed by atoms with van der Waals surface area (Å²) in [5.74, 6) is 2.08. The molecule has 0 unspecified atom stereocenters. The number of benzene rings is 1. The highest BCUT2D eigenvalue weighted by molar-refractivity contribution is 8.00. The third kappa shape index (κ3) is 3.31. The quantitative estimate of drug-likeness (QED) is 0.477. The molecule has 6 nitrogen and oxygen atoms in total. The molecule has 3 aromatic rings. The molecule has 1 saturated heterocycles. The average Bonchev–Trinajstić information content (AvgIpc) is 3.41. The van der Waals surface area contributed by atoms with Crippen LogP contribution in [-0.4, -0.2) is 46.3 Å². The van der Waals surface area contributed by atoms with Gasteiger partial charge in [-0.3, -0.25) is 4.79 Å². The number of thiophene rings is 1. The zero-order valence-corrected chi connectivity index (χ0v) is 16.8. The first-order valence-electron chi connectivity index (χ1n) is 9.29. The van der Waals surface area contributed by atoms with Crippen molar-refractivity contribution in [2.24, 2.45) is 0 Å². The van der Waals surface area contributed by atoms with E-state index in [1.807, 2.05) is 28.5 Å². The number of rotatable bonds is 4. The minimum Gasteiger partial charge on any atom is -0.486 e. The molecule has 4 heterocycles. The van der Waals surface area contributed by atoms with Crippen LogP contribution in [0.5, 0.6) is 11.5 Å². The summed E-state index contributed by atoms with van der Waals surface area (Å²) in [6, 6.07) is 8.14. The van der Waals surface area contributed by atoms with Gasteiger partial charge in [0.05, 0.1) is 11.8 Å². The minimum atomic E-state index is 0.0930. The van der Waals surface area contributed by atoms with Crippen molar-refractivity contribution in [2.45, 2.75) is 23.9 Å². The topological polar surface area (TPSA) is 64.6 Å². The molecule has 1 fully saturated rings. The van der Waals surface area contributed by atoms with Crippen molar-refractivity contribution in [1.82, 2.24) is 14.9 Å². The second-order valence-electron chi connectivity index (χ2n) is 6.76. The number of carbonyl (C=O) groups excluding carboxylic acids is 1. The molecule has 1 amide bonds. The SMILES string of the molecule is O=C(CSc1ncnc2sccc12)N1CCC[C@@H]1c1ccc2c(c1)OCCO2. The van der Waals surface area contributed by atoms with Crippen molar-refractivity contribution in [1.29, 1.82) is 0 Å². The van der Waals surface area contributed by atoms with E-state index in [9.17, 15) is 4.79 Å². The summed E-state index contributed by atoms with van der Waals surface area (Å²) in [6.45, 7) is 1.94. The third-order valence-corrected chi connectivity index (χ3v) is 6.89. The molecule has 2 aliphatic heterocycles. The number of likely N-dealkylation sites (tertiary alicyclic amines) is 1. The maximum atomic E-state index is 13.0. The first kappa shape index (κ1) is 17.8. The number of aromatic nitrogens is 2. The van der Waals surface area contributed by atoms with Gasteiger partial charge >= 0.3 is 0 Å². The van der Waals surface area contributed by atoms with Crippen LogP contribution in [0, 0.1) is 0 Å². The van der Waals surface area contributed by atoms with Gasteiger partial charge in [-0.05, 0) is 42.0 Å². The van der Waals surface area contributed by atoms with E-state index in [2.05, 4.69) is 16.0 Å². The molecule has 5 rings (SSSR count). The lowest BCUT2D eigenvalue weighted by Crippen LogP contribution is -2.32. The molecule has 0 saturated carbocycles. The van der Waals surface area contributed by atoms with Crippen LogP contribution >= 0.6 is 23.1 Å². The average molecular weight is 414 g/mol. The van der Waals surface area contributed by atoms with Gasteiger partial charge in [0.1, 0.15) is 29.4 Å². The second-order valence-corrected chi connectivity index (χ2v) is 8.61. The lowest BCUT2D eigenvalue weighted by molar-refractivity contribution is -0.129. The van der Waals surface area contributed by atoms with Crippen LogP contribution in [0.2, 0.25) is 0 Å². The van der Waals surface area contributed by atoms with E-state index in [1.54, 1.807) is 17.7 Å².